The van der Waals surface area contributed by atoms with E-state index in [0.717, 1.165) is 25.7 Å². The van der Waals surface area contributed by atoms with Crippen LogP contribution >= 0.6 is 11.6 Å². The summed E-state index contributed by atoms with van der Waals surface area (Å²) in [6.45, 7) is 0.554. The van der Waals surface area contributed by atoms with Gasteiger partial charge in [-0.1, -0.05) is 19.3 Å². The third-order valence-corrected chi connectivity index (χ3v) is 4.86. The van der Waals surface area contributed by atoms with Gasteiger partial charge in [0.15, 0.2) is 0 Å². The average molecular weight is 308 g/mol. The van der Waals surface area contributed by atoms with Crippen LogP contribution in [0.5, 0.6) is 0 Å². The molecule has 0 bridgehead atoms. The minimum absolute atomic E-state index is 0.0630. The number of carbonyl (C=O) groups excluding carboxylic acids is 1. The van der Waals surface area contributed by atoms with E-state index in [4.69, 9.17) is 11.6 Å². The van der Waals surface area contributed by atoms with Crippen LogP contribution in [-0.4, -0.2) is 35.2 Å². The van der Waals surface area contributed by atoms with Crippen molar-refractivity contribution in [3.05, 3.63) is 0 Å². The lowest BCUT2D eigenvalue weighted by Crippen LogP contribution is -2.46. The third-order valence-electron chi connectivity index (χ3n) is 4.69. The zero-order valence-electron chi connectivity index (χ0n) is 11.9. The Hall–Kier alpha value is -0.380. The quantitative estimate of drug-likeness (QED) is 0.712. The van der Waals surface area contributed by atoms with Crippen molar-refractivity contribution in [3.63, 3.8) is 0 Å². The second-order valence-corrected chi connectivity index (χ2v) is 6.52. The lowest BCUT2D eigenvalue weighted by molar-refractivity contribution is -0.142. The first kappa shape index (κ1) is 16.0. The minimum Gasteiger partial charge on any atom is -0.338 e. The van der Waals surface area contributed by atoms with Gasteiger partial charge >= 0.3 is 0 Å². The molecule has 2 saturated carbocycles. The van der Waals surface area contributed by atoms with Gasteiger partial charge in [0.25, 0.3) is 0 Å². The zero-order valence-corrected chi connectivity index (χ0v) is 12.7. The smallest absolute Gasteiger partial charge is 0.248 e. The van der Waals surface area contributed by atoms with Crippen LogP contribution in [0.25, 0.3) is 0 Å². The van der Waals surface area contributed by atoms with Crippen LogP contribution in [0, 0.1) is 5.92 Å². The molecule has 0 unspecified atom stereocenters. The molecule has 0 aliphatic heterocycles. The van der Waals surface area contributed by atoms with Gasteiger partial charge < -0.3 is 4.90 Å². The molecule has 2 fully saturated rings. The Morgan fingerprint density at radius 1 is 1.10 bits per heavy atom. The van der Waals surface area contributed by atoms with E-state index in [9.17, 15) is 13.6 Å². The highest BCUT2D eigenvalue weighted by Crippen LogP contribution is 2.37. The summed E-state index contributed by atoms with van der Waals surface area (Å²) in [6.07, 6.45) is 5.94. The molecule has 2 aliphatic carbocycles. The van der Waals surface area contributed by atoms with Crippen molar-refractivity contribution < 1.29 is 13.6 Å². The normalized spacial score (nSPS) is 24.6. The van der Waals surface area contributed by atoms with Crippen molar-refractivity contribution in [2.75, 3.05) is 12.4 Å². The second-order valence-electron chi connectivity index (χ2n) is 6.14. The highest BCUT2D eigenvalue weighted by atomic mass is 35.5. The largest absolute Gasteiger partial charge is 0.338 e. The molecular formula is C15H24ClF2NO. The molecule has 0 spiro atoms. The number of carbonyl (C=O) groups is 1. The molecule has 0 aromatic carbocycles. The Bertz CT molecular complexity index is 322. The molecule has 0 atom stereocenters. The Kier molecular flexibility index (Phi) is 5.65. The summed E-state index contributed by atoms with van der Waals surface area (Å²) in [6, 6.07) is 0.275. The first-order valence-electron chi connectivity index (χ1n) is 7.78. The Balaban J connectivity index is 1.96. The molecule has 5 heteroatoms. The summed E-state index contributed by atoms with van der Waals surface area (Å²) in [5, 5.41) is 0. The summed E-state index contributed by atoms with van der Waals surface area (Å²) >= 11 is 5.83. The Labute approximate surface area is 124 Å². The van der Waals surface area contributed by atoms with Gasteiger partial charge in [-0.3, -0.25) is 4.79 Å². The summed E-state index contributed by atoms with van der Waals surface area (Å²) in [5.41, 5.74) is 0. The van der Waals surface area contributed by atoms with E-state index < -0.39 is 5.92 Å². The predicted molar refractivity (Wildman–Crippen MR) is 76.2 cm³/mol. The molecule has 0 aromatic heterocycles. The molecule has 2 rings (SSSR count). The van der Waals surface area contributed by atoms with Crippen LogP contribution in [0.15, 0.2) is 0 Å². The van der Waals surface area contributed by atoms with Gasteiger partial charge in [-0.25, -0.2) is 8.78 Å². The van der Waals surface area contributed by atoms with Crippen molar-refractivity contribution in [2.45, 2.75) is 69.8 Å². The molecule has 116 valence electrons. The van der Waals surface area contributed by atoms with Crippen LogP contribution < -0.4 is 0 Å². The van der Waals surface area contributed by atoms with Crippen molar-refractivity contribution in [3.8, 4) is 0 Å². The summed E-state index contributed by atoms with van der Waals surface area (Å²) in [5.74, 6) is -2.31. The van der Waals surface area contributed by atoms with Gasteiger partial charge in [-0.05, 0) is 25.7 Å². The molecule has 2 aliphatic rings. The molecule has 0 radical (unpaired) electrons. The van der Waals surface area contributed by atoms with Gasteiger partial charge in [0.1, 0.15) is 0 Å². The van der Waals surface area contributed by atoms with Crippen LogP contribution in [0.3, 0.4) is 0 Å². The number of alkyl halides is 3. The van der Waals surface area contributed by atoms with Crippen LogP contribution in [0.2, 0.25) is 0 Å². The lowest BCUT2D eigenvalue weighted by atomic mass is 9.85. The van der Waals surface area contributed by atoms with Crippen molar-refractivity contribution in [1.82, 2.24) is 4.90 Å². The topological polar surface area (TPSA) is 20.3 Å². The van der Waals surface area contributed by atoms with Crippen molar-refractivity contribution in [2.24, 2.45) is 5.92 Å². The molecule has 0 heterocycles. The molecule has 1 amide bonds. The van der Waals surface area contributed by atoms with E-state index in [0.29, 0.717) is 25.3 Å². The number of hydrogen-bond acceptors (Lipinski definition) is 1. The standard InChI is InChI=1S/C15H24ClF2NO/c16-10-11-19(13-4-2-1-3-5-13)14(20)12-6-8-15(17,18)9-7-12/h12-13H,1-11H2. The number of amides is 1. The maximum absolute atomic E-state index is 13.2. The van der Waals surface area contributed by atoms with E-state index in [-0.39, 0.29) is 30.7 Å². The number of rotatable bonds is 4. The van der Waals surface area contributed by atoms with Crippen LogP contribution in [-0.2, 0) is 4.79 Å². The average Bonchev–Trinajstić information content (AvgIpc) is 2.45. The van der Waals surface area contributed by atoms with E-state index in [1.54, 1.807) is 0 Å². The molecule has 0 N–H and O–H groups in total. The number of nitrogens with zero attached hydrogens (tertiary/aromatic N) is 1. The van der Waals surface area contributed by atoms with Crippen molar-refractivity contribution in [1.29, 1.82) is 0 Å². The van der Waals surface area contributed by atoms with E-state index >= 15 is 0 Å². The highest BCUT2D eigenvalue weighted by molar-refractivity contribution is 6.18. The van der Waals surface area contributed by atoms with Gasteiger partial charge in [0, 0.05) is 37.2 Å². The van der Waals surface area contributed by atoms with E-state index in [1.165, 1.54) is 6.42 Å². The first-order valence-corrected chi connectivity index (χ1v) is 8.31. The zero-order chi connectivity index (χ0) is 14.6. The third kappa shape index (κ3) is 4.06. The fraction of sp³-hybridized carbons (Fsp3) is 0.933. The molecule has 0 saturated heterocycles. The molecule has 0 aromatic rings. The van der Waals surface area contributed by atoms with Gasteiger partial charge in [0.05, 0.1) is 0 Å². The maximum atomic E-state index is 13.2. The van der Waals surface area contributed by atoms with Gasteiger partial charge in [-0.15, -0.1) is 11.6 Å². The van der Waals surface area contributed by atoms with Crippen LogP contribution in [0.4, 0.5) is 8.78 Å². The van der Waals surface area contributed by atoms with Gasteiger partial charge in [0.2, 0.25) is 11.8 Å². The highest BCUT2D eigenvalue weighted by Gasteiger charge is 2.39. The Morgan fingerprint density at radius 2 is 1.70 bits per heavy atom. The fourth-order valence-electron chi connectivity index (χ4n) is 3.48. The summed E-state index contributed by atoms with van der Waals surface area (Å²) < 4.78 is 26.4. The SMILES string of the molecule is O=C(C1CCC(F)(F)CC1)N(CCCl)C1CCCCC1. The maximum Gasteiger partial charge on any atom is 0.248 e. The summed E-state index contributed by atoms with van der Waals surface area (Å²) in [7, 11) is 0. The van der Waals surface area contributed by atoms with Crippen LogP contribution in [0.1, 0.15) is 57.8 Å². The second kappa shape index (κ2) is 7.06. The number of halogens is 3. The molecular weight excluding hydrogens is 284 g/mol. The lowest BCUT2D eigenvalue weighted by Gasteiger charge is -2.38. The Morgan fingerprint density at radius 3 is 2.25 bits per heavy atom. The predicted octanol–water partition coefficient (Wildman–Crippen LogP) is 4.21. The first-order chi connectivity index (χ1) is 9.53. The number of hydrogen-bond donors (Lipinski definition) is 0. The summed E-state index contributed by atoms with van der Waals surface area (Å²) in [4.78, 5) is 14.5. The molecule has 2 nitrogen and oxygen atoms in total. The van der Waals surface area contributed by atoms with Gasteiger partial charge in [-0.2, -0.15) is 0 Å². The van der Waals surface area contributed by atoms with E-state index in [2.05, 4.69) is 0 Å². The molecule has 20 heavy (non-hydrogen) atoms. The monoisotopic (exact) mass is 307 g/mol. The minimum atomic E-state index is -2.57. The van der Waals surface area contributed by atoms with E-state index in [1.807, 2.05) is 4.90 Å². The fourth-order valence-corrected chi connectivity index (χ4v) is 3.66. The van der Waals surface area contributed by atoms with Crippen molar-refractivity contribution >= 4 is 17.5 Å².